The van der Waals surface area contributed by atoms with Crippen molar-refractivity contribution in [2.75, 3.05) is 6.61 Å². The lowest BCUT2D eigenvalue weighted by atomic mass is 10.1. The predicted molar refractivity (Wildman–Crippen MR) is 88.1 cm³/mol. The molecule has 0 aromatic heterocycles. The number of rotatable bonds is 5. The third-order valence-electron chi connectivity index (χ3n) is 3.91. The predicted octanol–water partition coefficient (Wildman–Crippen LogP) is 2.12. The fourth-order valence-electron chi connectivity index (χ4n) is 2.54. The van der Waals surface area contributed by atoms with E-state index in [4.69, 9.17) is 14.2 Å². The van der Waals surface area contributed by atoms with E-state index >= 15 is 0 Å². The zero-order valence-electron chi connectivity index (χ0n) is 13.7. The summed E-state index contributed by atoms with van der Waals surface area (Å²) < 4.78 is 29.5. The molecule has 0 saturated carbocycles. The van der Waals surface area contributed by atoms with Crippen molar-refractivity contribution in [3.05, 3.63) is 71.8 Å². The van der Waals surface area contributed by atoms with Gasteiger partial charge in [-0.05, 0) is 24.3 Å². The molecule has 1 heterocycles. The summed E-state index contributed by atoms with van der Waals surface area (Å²) in [5.74, 6) is -1.41. The average molecular weight is 360 g/mol. The van der Waals surface area contributed by atoms with Crippen LogP contribution in [0.5, 0.6) is 0 Å². The molecule has 1 N–H and O–H groups in total. The Morgan fingerprint density at radius 3 is 2.08 bits per heavy atom. The van der Waals surface area contributed by atoms with Gasteiger partial charge in [0.15, 0.2) is 18.6 Å². The Kier molecular flexibility index (Phi) is 5.60. The number of aliphatic hydroxyl groups is 1. The second kappa shape index (κ2) is 8.07. The lowest BCUT2D eigenvalue weighted by molar-refractivity contribution is -0.135. The van der Waals surface area contributed by atoms with Crippen molar-refractivity contribution in [2.45, 2.75) is 24.7 Å². The molecular weight excluding hydrogens is 343 g/mol. The molecule has 26 heavy (non-hydrogen) atoms. The van der Waals surface area contributed by atoms with E-state index in [9.17, 15) is 19.1 Å². The van der Waals surface area contributed by atoms with E-state index in [1.807, 2.05) is 0 Å². The van der Waals surface area contributed by atoms with Crippen LogP contribution in [-0.2, 0) is 14.2 Å². The number of hydrogen-bond donors (Lipinski definition) is 1. The van der Waals surface area contributed by atoms with Crippen LogP contribution in [0.25, 0.3) is 0 Å². The topological polar surface area (TPSA) is 82.1 Å². The van der Waals surface area contributed by atoms with Crippen molar-refractivity contribution in [1.82, 2.24) is 0 Å². The summed E-state index contributed by atoms with van der Waals surface area (Å²) in [4.78, 5) is 23.9. The number of benzene rings is 2. The number of hydrogen-bond acceptors (Lipinski definition) is 6. The second-order valence-corrected chi connectivity index (χ2v) is 5.71. The van der Waals surface area contributed by atoms with Crippen LogP contribution in [0.1, 0.15) is 20.7 Å². The molecule has 4 unspecified atom stereocenters. The highest BCUT2D eigenvalue weighted by molar-refractivity contribution is 5.89. The fraction of sp³-hybridized carbons (Fsp3) is 0.263. The molecule has 2 aromatic rings. The van der Waals surface area contributed by atoms with Crippen LogP contribution in [0.15, 0.2) is 60.7 Å². The van der Waals surface area contributed by atoms with E-state index < -0.39 is 43.2 Å². The maximum Gasteiger partial charge on any atom is 0.338 e. The van der Waals surface area contributed by atoms with E-state index in [0.717, 1.165) is 0 Å². The number of carbonyl (C=O) groups excluding carboxylic acids is 2. The molecule has 0 radical (unpaired) electrons. The molecule has 1 fully saturated rings. The minimum absolute atomic E-state index is 0.228. The molecule has 3 rings (SSSR count). The van der Waals surface area contributed by atoms with Crippen molar-refractivity contribution in [3.8, 4) is 0 Å². The molecule has 0 aliphatic carbocycles. The lowest BCUT2D eigenvalue weighted by Gasteiger charge is -2.16. The van der Waals surface area contributed by atoms with Crippen molar-refractivity contribution in [3.63, 3.8) is 0 Å². The third kappa shape index (κ3) is 4.07. The second-order valence-electron chi connectivity index (χ2n) is 5.71. The van der Waals surface area contributed by atoms with Crippen LogP contribution < -0.4 is 0 Å². The molecule has 0 spiro atoms. The Hall–Kier alpha value is -2.77. The maximum absolute atomic E-state index is 14.5. The van der Waals surface area contributed by atoms with Gasteiger partial charge >= 0.3 is 11.9 Å². The maximum atomic E-state index is 14.5. The van der Waals surface area contributed by atoms with Gasteiger partial charge in [0.25, 0.3) is 0 Å². The molecule has 136 valence electrons. The first-order valence-electron chi connectivity index (χ1n) is 8.02. The molecule has 1 aliphatic heterocycles. The fourth-order valence-corrected chi connectivity index (χ4v) is 2.54. The van der Waals surface area contributed by atoms with Crippen LogP contribution in [0.4, 0.5) is 4.39 Å². The van der Waals surface area contributed by atoms with Gasteiger partial charge in [0.05, 0.1) is 11.1 Å². The Labute approximate surface area is 149 Å². The van der Waals surface area contributed by atoms with Crippen LogP contribution >= 0.6 is 0 Å². The first-order chi connectivity index (χ1) is 12.6. The first kappa shape index (κ1) is 18.0. The molecule has 0 amide bonds. The minimum atomic E-state index is -1.83. The SMILES string of the molecule is O=C(OCC1OC(O)C(OC(=O)c2ccccc2)C1F)c1ccccc1. The Bertz CT molecular complexity index is 751. The zero-order chi connectivity index (χ0) is 18.5. The molecule has 0 bridgehead atoms. The van der Waals surface area contributed by atoms with Crippen LogP contribution in [-0.4, -0.2) is 48.3 Å². The van der Waals surface area contributed by atoms with Gasteiger partial charge in [-0.25, -0.2) is 14.0 Å². The summed E-state index contributed by atoms with van der Waals surface area (Å²) in [6.45, 7) is -0.411. The van der Waals surface area contributed by atoms with Crippen molar-refractivity contribution in [1.29, 1.82) is 0 Å². The van der Waals surface area contributed by atoms with E-state index in [1.54, 1.807) is 48.5 Å². The van der Waals surface area contributed by atoms with E-state index in [0.29, 0.717) is 5.56 Å². The highest BCUT2D eigenvalue weighted by atomic mass is 19.1. The highest BCUT2D eigenvalue weighted by Gasteiger charge is 2.47. The molecule has 6 nitrogen and oxygen atoms in total. The van der Waals surface area contributed by atoms with E-state index in [2.05, 4.69) is 0 Å². The Morgan fingerprint density at radius 1 is 0.962 bits per heavy atom. The molecule has 2 aromatic carbocycles. The molecule has 1 aliphatic rings. The summed E-state index contributed by atoms with van der Waals surface area (Å²) in [6.07, 6.45) is -6.20. The Morgan fingerprint density at radius 2 is 1.50 bits per heavy atom. The van der Waals surface area contributed by atoms with Crippen LogP contribution in [0.2, 0.25) is 0 Å². The average Bonchev–Trinajstić information content (AvgIpc) is 2.95. The normalized spacial score (nSPS) is 24.8. The number of ether oxygens (including phenoxy) is 3. The first-order valence-corrected chi connectivity index (χ1v) is 8.02. The zero-order valence-corrected chi connectivity index (χ0v) is 13.7. The van der Waals surface area contributed by atoms with Gasteiger partial charge < -0.3 is 19.3 Å². The largest absolute Gasteiger partial charge is 0.459 e. The Balaban J connectivity index is 1.56. The highest BCUT2D eigenvalue weighted by Crippen LogP contribution is 2.26. The summed E-state index contributed by atoms with van der Waals surface area (Å²) >= 11 is 0. The number of aliphatic hydroxyl groups excluding tert-OH is 1. The summed E-state index contributed by atoms with van der Waals surface area (Å²) in [5.41, 5.74) is 0.541. The minimum Gasteiger partial charge on any atom is -0.459 e. The summed E-state index contributed by atoms with van der Waals surface area (Å²) in [6, 6.07) is 16.2. The number of alkyl halides is 1. The van der Waals surface area contributed by atoms with Crippen molar-refractivity contribution in [2.24, 2.45) is 0 Å². The number of halogens is 1. The van der Waals surface area contributed by atoms with Gasteiger partial charge in [0.1, 0.15) is 12.7 Å². The standard InChI is InChI=1S/C19H17FO6/c20-15-14(11-24-17(21)12-7-3-1-4-8-12)25-19(23)16(15)26-18(22)13-9-5-2-6-10-13/h1-10,14-16,19,23H,11H2. The van der Waals surface area contributed by atoms with Gasteiger partial charge in [-0.15, -0.1) is 0 Å². The molecule has 4 atom stereocenters. The molecule has 1 saturated heterocycles. The van der Waals surface area contributed by atoms with Gasteiger partial charge in [0.2, 0.25) is 0 Å². The number of esters is 2. The number of carbonyl (C=O) groups is 2. The van der Waals surface area contributed by atoms with Gasteiger partial charge in [-0.2, -0.15) is 0 Å². The van der Waals surface area contributed by atoms with Crippen molar-refractivity contribution < 1.29 is 33.3 Å². The van der Waals surface area contributed by atoms with Crippen molar-refractivity contribution >= 4 is 11.9 Å². The van der Waals surface area contributed by atoms with Crippen LogP contribution in [0.3, 0.4) is 0 Å². The van der Waals surface area contributed by atoms with Gasteiger partial charge in [-0.1, -0.05) is 36.4 Å². The third-order valence-corrected chi connectivity index (χ3v) is 3.91. The van der Waals surface area contributed by atoms with Crippen LogP contribution in [0, 0.1) is 0 Å². The monoisotopic (exact) mass is 360 g/mol. The smallest absolute Gasteiger partial charge is 0.338 e. The summed E-state index contributed by atoms with van der Waals surface area (Å²) in [5, 5.41) is 9.83. The lowest BCUT2D eigenvalue weighted by Crippen LogP contribution is -2.35. The molecular formula is C19H17FO6. The van der Waals surface area contributed by atoms with Gasteiger partial charge in [-0.3, -0.25) is 0 Å². The van der Waals surface area contributed by atoms with E-state index in [-0.39, 0.29) is 5.56 Å². The van der Waals surface area contributed by atoms with Gasteiger partial charge in [0, 0.05) is 0 Å². The quantitative estimate of drug-likeness (QED) is 0.823. The van der Waals surface area contributed by atoms with E-state index in [1.165, 1.54) is 12.1 Å². The molecule has 7 heteroatoms. The summed E-state index contributed by atoms with van der Waals surface area (Å²) in [7, 11) is 0.